The van der Waals surface area contributed by atoms with Crippen LogP contribution in [0, 0.1) is 0 Å². The van der Waals surface area contributed by atoms with Crippen molar-refractivity contribution in [1.82, 2.24) is 15.5 Å². The molecule has 1 aliphatic rings. The Labute approximate surface area is 123 Å². The summed E-state index contributed by atoms with van der Waals surface area (Å²) in [4.78, 5) is 6.46. The summed E-state index contributed by atoms with van der Waals surface area (Å²) in [5.74, 6) is 0.869. The number of nitrogens with one attached hydrogen (secondary N) is 2. The van der Waals surface area contributed by atoms with Gasteiger partial charge < -0.3 is 20.3 Å². The lowest BCUT2D eigenvalue weighted by Gasteiger charge is -2.22. The summed E-state index contributed by atoms with van der Waals surface area (Å²) in [6, 6.07) is 0.480. The second-order valence-electron chi connectivity index (χ2n) is 5.41. The highest BCUT2D eigenvalue weighted by Gasteiger charge is 2.13. The van der Waals surface area contributed by atoms with Crippen LogP contribution in [0.2, 0.25) is 0 Å². The van der Waals surface area contributed by atoms with Crippen LogP contribution in [0.3, 0.4) is 0 Å². The Hall–Kier alpha value is -1.07. The third kappa shape index (κ3) is 6.91. The number of guanidine groups is 1. The predicted molar refractivity (Wildman–Crippen MR) is 85.2 cm³/mol. The van der Waals surface area contributed by atoms with Crippen molar-refractivity contribution in [3.63, 3.8) is 0 Å². The second kappa shape index (κ2) is 9.77. The van der Waals surface area contributed by atoms with Gasteiger partial charge in [0, 0.05) is 32.8 Å². The van der Waals surface area contributed by atoms with E-state index in [0.717, 1.165) is 44.9 Å². The molecule has 1 aliphatic carbocycles. The van der Waals surface area contributed by atoms with E-state index in [1.807, 2.05) is 14.0 Å². The molecule has 0 aromatic rings. The summed E-state index contributed by atoms with van der Waals surface area (Å²) in [5.41, 5.74) is 0. The number of rotatable bonds is 8. The molecule has 0 aromatic heterocycles. The second-order valence-corrected chi connectivity index (χ2v) is 5.41. The molecule has 20 heavy (non-hydrogen) atoms. The first-order chi connectivity index (χ1) is 9.65. The molecule has 0 bridgehead atoms. The molecule has 0 spiro atoms. The van der Waals surface area contributed by atoms with Crippen molar-refractivity contribution in [3.05, 3.63) is 12.2 Å². The lowest BCUT2D eigenvalue weighted by molar-refractivity contribution is 0.0548. The van der Waals surface area contributed by atoms with Gasteiger partial charge in [0.15, 0.2) is 5.96 Å². The zero-order valence-electron chi connectivity index (χ0n) is 13.4. The van der Waals surface area contributed by atoms with E-state index >= 15 is 0 Å². The molecule has 0 saturated heterocycles. The van der Waals surface area contributed by atoms with Crippen LogP contribution in [0.4, 0.5) is 0 Å². The fourth-order valence-electron chi connectivity index (χ4n) is 2.22. The van der Waals surface area contributed by atoms with Gasteiger partial charge in [-0.25, -0.2) is 0 Å². The third-order valence-corrected chi connectivity index (χ3v) is 3.37. The molecule has 1 atom stereocenters. The highest BCUT2D eigenvalue weighted by Crippen LogP contribution is 2.08. The van der Waals surface area contributed by atoms with Crippen molar-refractivity contribution < 1.29 is 4.74 Å². The van der Waals surface area contributed by atoms with Crippen molar-refractivity contribution in [2.45, 2.75) is 38.3 Å². The molecule has 116 valence electrons. The Kier molecular flexibility index (Phi) is 8.30. The summed E-state index contributed by atoms with van der Waals surface area (Å²) in [6.45, 7) is 4.62. The van der Waals surface area contributed by atoms with E-state index in [2.05, 4.69) is 46.8 Å². The van der Waals surface area contributed by atoms with E-state index in [1.165, 1.54) is 0 Å². The van der Waals surface area contributed by atoms with Crippen LogP contribution >= 0.6 is 0 Å². The summed E-state index contributed by atoms with van der Waals surface area (Å²) < 4.78 is 5.77. The molecular weight excluding hydrogens is 252 g/mol. The standard InChI is InChI=1S/C15H30N4O/c1-5-20-14(10-11-19(3)4)12-17-15(16-2)18-13-8-6-7-9-13/h6-7,13-14H,5,8-12H2,1-4H3,(H2,16,17,18). The van der Waals surface area contributed by atoms with Gasteiger partial charge in [0.05, 0.1) is 6.10 Å². The fraction of sp³-hybridized carbons (Fsp3) is 0.800. The van der Waals surface area contributed by atoms with Gasteiger partial charge >= 0.3 is 0 Å². The van der Waals surface area contributed by atoms with Crippen LogP contribution in [-0.2, 0) is 4.74 Å². The lowest BCUT2D eigenvalue weighted by atomic mass is 10.2. The highest BCUT2D eigenvalue weighted by molar-refractivity contribution is 5.80. The van der Waals surface area contributed by atoms with Crippen LogP contribution in [0.5, 0.6) is 0 Å². The van der Waals surface area contributed by atoms with E-state index in [4.69, 9.17) is 4.74 Å². The van der Waals surface area contributed by atoms with Crippen molar-refractivity contribution in [1.29, 1.82) is 0 Å². The Morgan fingerprint density at radius 3 is 2.65 bits per heavy atom. The smallest absolute Gasteiger partial charge is 0.191 e. The Morgan fingerprint density at radius 2 is 2.10 bits per heavy atom. The molecule has 5 nitrogen and oxygen atoms in total. The Bertz CT molecular complexity index is 307. The molecule has 0 heterocycles. The number of hydrogen-bond acceptors (Lipinski definition) is 3. The maximum atomic E-state index is 5.77. The summed E-state index contributed by atoms with van der Waals surface area (Å²) in [6.07, 6.45) is 7.83. The fourth-order valence-corrected chi connectivity index (χ4v) is 2.22. The molecule has 0 aromatic carbocycles. The minimum absolute atomic E-state index is 0.225. The lowest BCUT2D eigenvalue weighted by Crippen LogP contribution is -2.45. The average Bonchev–Trinajstić information content (AvgIpc) is 2.93. The average molecular weight is 282 g/mol. The van der Waals surface area contributed by atoms with Crippen LogP contribution in [0.25, 0.3) is 0 Å². The van der Waals surface area contributed by atoms with E-state index in [9.17, 15) is 0 Å². The molecule has 0 radical (unpaired) electrons. The van der Waals surface area contributed by atoms with E-state index < -0.39 is 0 Å². The van der Waals surface area contributed by atoms with Crippen molar-refractivity contribution in [2.75, 3.05) is 40.8 Å². The number of ether oxygens (including phenoxy) is 1. The monoisotopic (exact) mass is 282 g/mol. The summed E-state index contributed by atoms with van der Waals surface area (Å²) in [7, 11) is 5.99. The van der Waals surface area contributed by atoms with Crippen LogP contribution in [0.1, 0.15) is 26.2 Å². The summed E-state index contributed by atoms with van der Waals surface area (Å²) >= 11 is 0. The highest BCUT2D eigenvalue weighted by atomic mass is 16.5. The van der Waals surface area contributed by atoms with Gasteiger partial charge in [-0.1, -0.05) is 12.2 Å². The van der Waals surface area contributed by atoms with Crippen molar-refractivity contribution in [3.8, 4) is 0 Å². The number of nitrogens with zero attached hydrogens (tertiary/aromatic N) is 2. The van der Waals surface area contributed by atoms with Gasteiger partial charge in [-0.05, 0) is 40.3 Å². The summed E-state index contributed by atoms with van der Waals surface area (Å²) in [5, 5.41) is 6.81. The zero-order valence-corrected chi connectivity index (χ0v) is 13.4. The van der Waals surface area contributed by atoms with Gasteiger partial charge in [0.1, 0.15) is 0 Å². The molecule has 0 fully saturated rings. The predicted octanol–water partition coefficient (Wildman–Crippen LogP) is 1.23. The third-order valence-electron chi connectivity index (χ3n) is 3.37. The van der Waals surface area contributed by atoms with E-state index in [0.29, 0.717) is 6.04 Å². The van der Waals surface area contributed by atoms with Crippen molar-refractivity contribution in [2.24, 2.45) is 4.99 Å². The minimum atomic E-state index is 0.225. The van der Waals surface area contributed by atoms with Gasteiger partial charge in [0.25, 0.3) is 0 Å². The molecule has 0 aliphatic heterocycles. The molecule has 2 N–H and O–H groups in total. The Morgan fingerprint density at radius 1 is 1.40 bits per heavy atom. The first kappa shape index (κ1) is 17.0. The van der Waals surface area contributed by atoms with Gasteiger partial charge in [0.2, 0.25) is 0 Å². The molecule has 0 saturated carbocycles. The number of aliphatic imine (C=N–C) groups is 1. The molecule has 1 rings (SSSR count). The first-order valence-electron chi connectivity index (χ1n) is 7.54. The minimum Gasteiger partial charge on any atom is -0.377 e. The quantitative estimate of drug-likeness (QED) is 0.399. The number of hydrogen-bond donors (Lipinski definition) is 2. The SMILES string of the molecule is CCOC(CCN(C)C)CNC(=NC)NC1CC=CC1. The zero-order chi connectivity index (χ0) is 14.8. The van der Waals surface area contributed by atoms with Gasteiger partial charge in [-0.3, -0.25) is 4.99 Å². The topological polar surface area (TPSA) is 48.9 Å². The van der Waals surface area contributed by atoms with Crippen LogP contribution in [-0.4, -0.2) is 63.8 Å². The molecule has 1 unspecified atom stereocenters. The normalized spacial score (nSPS) is 17.8. The maximum absolute atomic E-state index is 5.77. The van der Waals surface area contributed by atoms with Gasteiger partial charge in [-0.15, -0.1) is 0 Å². The van der Waals surface area contributed by atoms with E-state index in [-0.39, 0.29) is 6.10 Å². The largest absolute Gasteiger partial charge is 0.377 e. The molecule has 0 amide bonds. The first-order valence-corrected chi connectivity index (χ1v) is 7.54. The van der Waals surface area contributed by atoms with Crippen LogP contribution < -0.4 is 10.6 Å². The Balaban J connectivity index is 2.31. The maximum Gasteiger partial charge on any atom is 0.191 e. The van der Waals surface area contributed by atoms with Gasteiger partial charge in [-0.2, -0.15) is 0 Å². The van der Waals surface area contributed by atoms with Crippen molar-refractivity contribution >= 4 is 5.96 Å². The molecule has 5 heteroatoms. The van der Waals surface area contributed by atoms with E-state index in [1.54, 1.807) is 0 Å². The van der Waals surface area contributed by atoms with Crippen LogP contribution in [0.15, 0.2) is 17.1 Å². The molecular formula is C15H30N4O.